The fraction of sp³-hybridized carbons (Fsp3) is 0. The summed E-state index contributed by atoms with van der Waals surface area (Å²) in [4.78, 5) is 21.2. The van der Waals surface area contributed by atoms with Gasteiger partial charge in [-0.1, -0.05) is 12.1 Å². The monoisotopic (exact) mass is 413 g/mol. The molecular weight excluding hydrogens is 398 g/mol. The normalized spacial score (nSPS) is 11.0. The molecule has 3 aromatic heterocycles. The van der Waals surface area contributed by atoms with E-state index in [2.05, 4.69) is 35.7 Å². The third-order valence-electron chi connectivity index (χ3n) is 4.69. The van der Waals surface area contributed by atoms with Gasteiger partial charge in [-0.3, -0.25) is 10.2 Å². The Morgan fingerprint density at radius 3 is 2.68 bits per heavy atom. The van der Waals surface area contributed by atoms with Gasteiger partial charge in [0.15, 0.2) is 5.82 Å². The summed E-state index contributed by atoms with van der Waals surface area (Å²) in [5.74, 6) is -0.849. The molecule has 0 aliphatic carbocycles. The summed E-state index contributed by atoms with van der Waals surface area (Å²) in [5, 5.41) is 37.4. The maximum Gasteiger partial charge on any atom is 0.341 e. The number of aromatic carboxylic acids is 1. The van der Waals surface area contributed by atoms with Crippen molar-refractivity contribution in [1.29, 1.82) is 0 Å². The van der Waals surface area contributed by atoms with Crippen molar-refractivity contribution in [3.05, 3.63) is 66.5 Å². The Morgan fingerprint density at radius 2 is 1.90 bits per heavy atom. The van der Waals surface area contributed by atoms with E-state index in [1.807, 2.05) is 12.1 Å². The zero-order chi connectivity index (χ0) is 21.4. The molecule has 0 atom stereocenters. The van der Waals surface area contributed by atoms with Gasteiger partial charge < -0.3 is 15.5 Å². The molecule has 5 aromatic rings. The molecule has 10 heteroatoms. The van der Waals surface area contributed by atoms with E-state index in [-0.39, 0.29) is 28.6 Å². The molecule has 0 fully saturated rings. The molecule has 0 aliphatic heterocycles. The van der Waals surface area contributed by atoms with Crippen molar-refractivity contribution < 1.29 is 15.0 Å². The van der Waals surface area contributed by atoms with E-state index in [4.69, 9.17) is 0 Å². The van der Waals surface area contributed by atoms with Gasteiger partial charge in [-0.2, -0.15) is 10.2 Å². The molecule has 5 rings (SSSR count). The highest BCUT2D eigenvalue weighted by molar-refractivity contribution is 6.01. The number of fused-ring (bicyclic) bond motifs is 1. The number of benzene rings is 2. The summed E-state index contributed by atoms with van der Waals surface area (Å²) in [6, 6.07) is 13.4. The number of H-pyrrole nitrogens is 2. The number of carboxylic acids is 1. The van der Waals surface area contributed by atoms with Crippen LogP contribution in [0.1, 0.15) is 10.4 Å². The molecule has 0 spiro atoms. The zero-order valence-corrected chi connectivity index (χ0v) is 15.9. The van der Waals surface area contributed by atoms with Crippen molar-refractivity contribution >= 4 is 28.4 Å². The lowest BCUT2D eigenvalue weighted by atomic mass is 10.1. The van der Waals surface area contributed by atoms with Crippen LogP contribution in [0.2, 0.25) is 0 Å². The Labute approximate surface area is 174 Å². The number of nitrogens with zero attached hydrogens (tertiary/aromatic N) is 4. The van der Waals surface area contributed by atoms with Gasteiger partial charge in [0.2, 0.25) is 0 Å². The van der Waals surface area contributed by atoms with Gasteiger partial charge in [0.05, 0.1) is 17.4 Å². The minimum absolute atomic E-state index is 0.00420. The quantitative estimate of drug-likeness (QED) is 0.293. The number of aromatic hydroxyl groups is 1. The van der Waals surface area contributed by atoms with Crippen molar-refractivity contribution in [3.8, 4) is 28.5 Å². The van der Waals surface area contributed by atoms with Crippen LogP contribution in [0.25, 0.3) is 33.7 Å². The van der Waals surface area contributed by atoms with Crippen LogP contribution in [-0.4, -0.2) is 46.5 Å². The Bertz CT molecular complexity index is 1410. The van der Waals surface area contributed by atoms with Crippen molar-refractivity contribution in [1.82, 2.24) is 30.4 Å². The van der Waals surface area contributed by atoms with E-state index >= 15 is 0 Å². The standard InChI is InChI=1S/C21H15N7O3/c29-14-3-1-2-11(9-14)18-17(21(30)31)20(26-19(25-18)16-6-7-22-28-16)24-13-4-5-15-12(8-13)10-23-27-15/h1-10,29H,(H,22,28)(H,23,27)(H,30,31)(H,24,25,26). The number of rotatable bonds is 5. The SMILES string of the molecule is O=C(O)c1c(Nc2ccc3[nH]ncc3c2)nc(-c2ccn[nH]2)nc1-c1cccc(O)c1. The smallest absolute Gasteiger partial charge is 0.341 e. The van der Waals surface area contributed by atoms with E-state index < -0.39 is 5.97 Å². The lowest BCUT2D eigenvalue weighted by Gasteiger charge is -2.14. The summed E-state index contributed by atoms with van der Waals surface area (Å²) in [7, 11) is 0. The fourth-order valence-electron chi connectivity index (χ4n) is 3.27. The summed E-state index contributed by atoms with van der Waals surface area (Å²) >= 11 is 0. The zero-order valence-electron chi connectivity index (χ0n) is 15.9. The average molecular weight is 413 g/mol. The van der Waals surface area contributed by atoms with Crippen molar-refractivity contribution in [2.75, 3.05) is 5.32 Å². The first-order chi connectivity index (χ1) is 15.1. The molecule has 152 valence electrons. The Balaban J connectivity index is 1.72. The van der Waals surface area contributed by atoms with Crippen LogP contribution in [-0.2, 0) is 0 Å². The number of nitrogens with one attached hydrogen (secondary N) is 3. The van der Waals surface area contributed by atoms with Gasteiger partial charge >= 0.3 is 5.97 Å². The van der Waals surface area contributed by atoms with Crippen LogP contribution in [0.3, 0.4) is 0 Å². The van der Waals surface area contributed by atoms with Crippen LogP contribution in [0.5, 0.6) is 5.75 Å². The van der Waals surface area contributed by atoms with Crippen molar-refractivity contribution in [3.63, 3.8) is 0 Å². The summed E-state index contributed by atoms with van der Waals surface area (Å²) in [5.41, 5.74) is 2.48. The summed E-state index contributed by atoms with van der Waals surface area (Å²) < 4.78 is 0. The molecule has 0 saturated heterocycles. The number of phenolic OH excluding ortho intramolecular Hbond substituents is 1. The van der Waals surface area contributed by atoms with Crippen LogP contribution >= 0.6 is 0 Å². The number of aromatic amines is 2. The van der Waals surface area contributed by atoms with Gasteiger partial charge in [-0.25, -0.2) is 14.8 Å². The predicted octanol–water partition coefficient (Wildman–Crippen LogP) is 3.56. The van der Waals surface area contributed by atoms with Gasteiger partial charge in [0, 0.05) is 22.8 Å². The van der Waals surface area contributed by atoms with Gasteiger partial charge in [0.25, 0.3) is 0 Å². The molecular formula is C21H15N7O3. The number of aromatic nitrogens is 6. The van der Waals surface area contributed by atoms with Gasteiger partial charge in [-0.05, 0) is 36.4 Å². The number of carbonyl (C=O) groups is 1. The molecule has 0 saturated carbocycles. The number of phenols is 1. The van der Waals surface area contributed by atoms with Crippen LogP contribution in [0.4, 0.5) is 11.5 Å². The lowest BCUT2D eigenvalue weighted by molar-refractivity contribution is 0.0698. The largest absolute Gasteiger partial charge is 0.508 e. The number of carboxylic acid groups (broad SMARTS) is 1. The third kappa shape index (κ3) is 3.42. The van der Waals surface area contributed by atoms with E-state index in [1.54, 1.807) is 36.7 Å². The topological polar surface area (TPSA) is 153 Å². The van der Waals surface area contributed by atoms with E-state index in [0.717, 1.165) is 10.9 Å². The Hall–Kier alpha value is -4.73. The van der Waals surface area contributed by atoms with E-state index in [1.165, 1.54) is 12.1 Å². The fourth-order valence-corrected chi connectivity index (χ4v) is 3.27. The first-order valence-electron chi connectivity index (χ1n) is 9.23. The van der Waals surface area contributed by atoms with Crippen molar-refractivity contribution in [2.45, 2.75) is 0 Å². The highest BCUT2D eigenvalue weighted by atomic mass is 16.4. The second-order valence-corrected chi connectivity index (χ2v) is 6.74. The average Bonchev–Trinajstić information content (AvgIpc) is 3.45. The second-order valence-electron chi connectivity index (χ2n) is 6.74. The van der Waals surface area contributed by atoms with E-state index in [0.29, 0.717) is 16.9 Å². The molecule has 2 aromatic carbocycles. The molecule has 0 amide bonds. The first kappa shape index (κ1) is 18.3. The summed E-state index contributed by atoms with van der Waals surface area (Å²) in [6.45, 7) is 0. The molecule has 31 heavy (non-hydrogen) atoms. The van der Waals surface area contributed by atoms with Gasteiger partial charge in [-0.15, -0.1) is 0 Å². The predicted molar refractivity (Wildman–Crippen MR) is 113 cm³/mol. The summed E-state index contributed by atoms with van der Waals surface area (Å²) in [6.07, 6.45) is 3.23. The van der Waals surface area contributed by atoms with Crippen molar-refractivity contribution in [2.24, 2.45) is 0 Å². The number of anilines is 2. The number of hydrogen-bond acceptors (Lipinski definition) is 7. The third-order valence-corrected chi connectivity index (χ3v) is 4.69. The van der Waals surface area contributed by atoms with Crippen LogP contribution in [0.15, 0.2) is 60.9 Å². The molecule has 3 heterocycles. The molecule has 0 bridgehead atoms. The van der Waals surface area contributed by atoms with Crippen LogP contribution in [0, 0.1) is 0 Å². The minimum atomic E-state index is -1.21. The first-order valence-corrected chi connectivity index (χ1v) is 9.23. The lowest BCUT2D eigenvalue weighted by Crippen LogP contribution is -2.10. The molecule has 0 unspecified atom stereocenters. The number of hydrogen-bond donors (Lipinski definition) is 5. The molecule has 5 N–H and O–H groups in total. The highest BCUT2D eigenvalue weighted by Crippen LogP contribution is 2.32. The van der Waals surface area contributed by atoms with Crippen LogP contribution < -0.4 is 5.32 Å². The molecule has 10 nitrogen and oxygen atoms in total. The van der Waals surface area contributed by atoms with E-state index in [9.17, 15) is 15.0 Å². The Morgan fingerprint density at radius 1 is 1.00 bits per heavy atom. The maximum atomic E-state index is 12.2. The molecule has 0 radical (unpaired) electrons. The Kier molecular flexibility index (Phi) is 4.29. The molecule has 0 aliphatic rings. The minimum Gasteiger partial charge on any atom is -0.508 e. The second kappa shape index (κ2) is 7.26. The maximum absolute atomic E-state index is 12.2. The van der Waals surface area contributed by atoms with Gasteiger partial charge in [0.1, 0.15) is 22.8 Å². The highest BCUT2D eigenvalue weighted by Gasteiger charge is 2.23.